The van der Waals surface area contributed by atoms with Gasteiger partial charge in [0.15, 0.2) is 0 Å². The first-order valence-corrected chi connectivity index (χ1v) is 7.01. The van der Waals surface area contributed by atoms with E-state index in [1.807, 2.05) is 0 Å². The smallest absolute Gasteiger partial charge is 0.311 e. The van der Waals surface area contributed by atoms with Crippen LogP contribution in [0, 0.1) is 5.92 Å². The highest BCUT2D eigenvalue weighted by Gasteiger charge is 2.35. The van der Waals surface area contributed by atoms with Gasteiger partial charge in [0.05, 0.1) is 12.5 Å². The Labute approximate surface area is 128 Å². The number of pyridine rings is 1. The lowest BCUT2D eigenvalue weighted by molar-refractivity contribution is -0.149. The Balaban J connectivity index is 1.83. The molecule has 7 heteroatoms. The molecule has 1 aliphatic heterocycles. The van der Waals surface area contributed by atoms with Gasteiger partial charge in [-0.1, -0.05) is 11.6 Å². The van der Waals surface area contributed by atoms with E-state index < -0.39 is 5.92 Å². The molecule has 1 aromatic rings. The van der Waals surface area contributed by atoms with Gasteiger partial charge in [-0.3, -0.25) is 9.59 Å². The summed E-state index contributed by atoms with van der Waals surface area (Å²) in [7, 11) is 1.58. The lowest BCUT2D eigenvalue weighted by Crippen LogP contribution is -2.29. The van der Waals surface area contributed by atoms with Crippen molar-refractivity contribution in [1.29, 1.82) is 0 Å². The van der Waals surface area contributed by atoms with E-state index in [4.69, 9.17) is 21.1 Å². The quantitative estimate of drug-likeness (QED) is 0.584. The van der Waals surface area contributed by atoms with Gasteiger partial charge < -0.3 is 14.4 Å². The number of esters is 1. The highest BCUT2D eigenvalue weighted by atomic mass is 35.5. The molecule has 21 heavy (non-hydrogen) atoms. The second-order valence-electron chi connectivity index (χ2n) is 4.83. The number of carbonyl (C=O) groups is 2. The number of nitrogens with zero attached hydrogens (tertiary/aromatic N) is 2. The number of aromatic nitrogens is 1. The minimum atomic E-state index is -0.410. The number of hydrogen-bond donors (Lipinski definition) is 0. The third-order valence-electron chi connectivity index (χ3n) is 3.29. The van der Waals surface area contributed by atoms with Crippen molar-refractivity contribution >= 4 is 23.5 Å². The van der Waals surface area contributed by atoms with Crippen LogP contribution < -0.4 is 0 Å². The van der Waals surface area contributed by atoms with Crippen molar-refractivity contribution in [3.8, 4) is 0 Å². The Morgan fingerprint density at radius 2 is 2.38 bits per heavy atom. The maximum absolute atomic E-state index is 12.0. The Morgan fingerprint density at radius 1 is 1.57 bits per heavy atom. The first kappa shape index (κ1) is 15.7. The average molecular weight is 313 g/mol. The zero-order chi connectivity index (χ0) is 15.2. The molecule has 1 aromatic heterocycles. The molecule has 2 heterocycles. The van der Waals surface area contributed by atoms with Crippen LogP contribution in [0.15, 0.2) is 18.3 Å². The van der Waals surface area contributed by atoms with Crippen molar-refractivity contribution < 1.29 is 19.1 Å². The molecule has 1 atom stereocenters. The van der Waals surface area contributed by atoms with Gasteiger partial charge in [-0.2, -0.15) is 0 Å². The van der Waals surface area contributed by atoms with Crippen molar-refractivity contribution in [2.75, 3.05) is 26.8 Å². The molecule has 1 fully saturated rings. The first-order valence-electron chi connectivity index (χ1n) is 6.64. The predicted octanol–water partition coefficient (Wildman–Crippen LogP) is 1.27. The highest BCUT2D eigenvalue weighted by molar-refractivity contribution is 6.29. The molecule has 6 nitrogen and oxygen atoms in total. The number of likely N-dealkylation sites (tertiary alicyclic amines) is 1. The summed E-state index contributed by atoms with van der Waals surface area (Å²) in [4.78, 5) is 29.2. The van der Waals surface area contributed by atoms with Gasteiger partial charge in [0.2, 0.25) is 5.91 Å². The molecule has 0 aliphatic carbocycles. The molecular formula is C14H17ClN2O4. The van der Waals surface area contributed by atoms with E-state index in [1.165, 1.54) is 0 Å². The van der Waals surface area contributed by atoms with Crippen molar-refractivity contribution in [2.45, 2.75) is 13.0 Å². The number of rotatable bonds is 6. The van der Waals surface area contributed by atoms with Gasteiger partial charge in [0.1, 0.15) is 11.8 Å². The monoisotopic (exact) mass is 312 g/mol. The van der Waals surface area contributed by atoms with Crippen LogP contribution in [0.3, 0.4) is 0 Å². The first-order chi connectivity index (χ1) is 10.1. The second kappa shape index (κ2) is 7.38. The molecule has 0 saturated carbocycles. The van der Waals surface area contributed by atoms with Crippen molar-refractivity contribution in [3.05, 3.63) is 29.0 Å². The van der Waals surface area contributed by atoms with Gasteiger partial charge >= 0.3 is 5.97 Å². The SMILES string of the molecule is COCCN1C[C@H](C(=O)OCc2ccnc(Cl)c2)CC1=O. The molecule has 0 radical (unpaired) electrons. The summed E-state index contributed by atoms with van der Waals surface area (Å²) in [6.07, 6.45) is 1.75. The highest BCUT2D eigenvalue weighted by Crippen LogP contribution is 2.19. The molecule has 0 bridgehead atoms. The summed E-state index contributed by atoms with van der Waals surface area (Å²) in [5.74, 6) is -0.816. The fraction of sp³-hybridized carbons (Fsp3) is 0.500. The Morgan fingerprint density at radius 3 is 3.10 bits per heavy atom. The van der Waals surface area contributed by atoms with E-state index in [1.54, 1.807) is 30.3 Å². The molecule has 1 aliphatic rings. The molecule has 1 saturated heterocycles. The minimum absolute atomic E-state index is 0.0408. The van der Waals surface area contributed by atoms with Gasteiger partial charge in [-0.15, -0.1) is 0 Å². The molecule has 0 N–H and O–H groups in total. The Kier molecular flexibility index (Phi) is 5.52. The topological polar surface area (TPSA) is 68.7 Å². The van der Waals surface area contributed by atoms with E-state index in [0.29, 0.717) is 24.8 Å². The normalized spacial score (nSPS) is 18.1. The number of carbonyl (C=O) groups excluding carboxylic acids is 2. The molecule has 0 aromatic carbocycles. The van der Waals surface area contributed by atoms with Crippen LogP contribution >= 0.6 is 11.6 Å². The van der Waals surface area contributed by atoms with Gasteiger partial charge in [-0.05, 0) is 17.7 Å². The molecule has 2 rings (SSSR count). The number of amides is 1. The van der Waals surface area contributed by atoms with Crippen LogP contribution in [0.1, 0.15) is 12.0 Å². The predicted molar refractivity (Wildman–Crippen MR) is 75.6 cm³/mol. The third-order valence-corrected chi connectivity index (χ3v) is 3.49. The third kappa shape index (κ3) is 4.41. The van der Waals surface area contributed by atoms with E-state index in [0.717, 1.165) is 5.56 Å². The zero-order valence-electron chi connectivity index (χ0n) is 11.8. The van der Waals surface area contributed by atoms with Crippen LogP contribution in [0.5, 0.6) is 0 Å². The van der Waals surface area contributed by atoms with E-state index in [2.05, 4.69) is 4.98 Å². The lowest BCUT2D eigenvalue weighted by atomic mass is 10.1. The second-order valence-corrected chi connectivity index (χ2v) is 5.22. The number of ether oxygens (including phenoxy) is 2. The average Bonchev–Trinajstić information content (AvgIpc) is 2.84. The van der Waals surface area contributed by atoms with Crippen LogP contribution in [-0.4, -0.2) is 48.6 Å². The molecule has 0 spiro atoms. The molecule has 0 unspecified atom stereocenters. The van der Waals surface area contributed by atoms with E-state index in [9.17, 15) is 9.59 Å². The van der Waals surface area contributed by atoms with E-state index >= 15 is 0 Å². The largest absolute Gasteiger partial charge is 0.461 e. The van der Waals surface area contributed by atoms with Crippen molar-refractivity contribution in [3.63, 3.8) is 0 Å². The fourth-order valence-electron chi connectivity index (χ4n) is 2.15. The summed E-state index contributed by atoms with van der Waals surface area (Å²) in [5, 5.41) is 0.352. The fourth-order valence-corrected chi connectivity index (χ4v) is 2.35. The van der Waals surface area contributed by atoms with Gasteiger partial charge in [0, 0.05) is 32.8 Å². The van der Waals surface area contributed by atoms with Gasteiger partial charge in [0.25, 0.3) is 0 Å². The van der Waals surface area contributed by atoms with Gasteiger partial charge in [-0.25, -0.2) is 4.98 Å². The maximum Gasteiger partial charge on any atom is 0.311 e. The lowest BCUT2D eigenvalue weighted by Gasteiger charge is -2.15. The van der Waals surface area contributed by atoms with Crippen LogP contribution in [0.25, 0.3) is 0 Å². The maximum atomic E-state index is 12.0. The molecule has 1 amide bonds. The Hall–Kier alpha value is -1.66. The number of halogens is 1. The van der Waals surface area contributed by atoms with Crippen LogP contribution in [0.2, 0.25) is 5.15 Å². The summed E-state index contributed by atoms with van der Waals surface area (Å²) >= 11 is 5.76. The van der Waals surface area contributed by atoms with E-state index in [-0.39, 0.29) is 24.9 Å². The van der Waals surface area contributed by atoms with Crippen molar-refractivity contribution in [1.82, 2.24) is 9.88 Å². The number of hydrogen-bond acceptors (Lipinski definition) is 5. The summed E-state index contributed by atoms with van der Waals surface area (Å²) in [6, 6.07) is 3.36. The standard InChI is InChI=1S/C14H17ClN2O4/c1-20-5-4-17-8-11(7-13(17)18)14(19)21-9-10-2-3-16-12(15)6-10/h2-3,6,11H,4-5,7-9H2,1H3/t11-/m1/s1. The van der Waals surface area contributed by atoms with Crippen LogP contribution in [0.4, 0.5) is 0 Å². The summed E-state index contributed by atoms with van der Waals surface area (Å²) < 4.78 is 10.2. The summed E-state index contributed by atoms with van der Waals surface area (Å²) in [5.41, 5.74) is 0.768. The molecular weight excluding hydrogens is 296 g/mol. The zero-order valence-corrected chi connectivity index (χ0v) is 12.5. The summed E-state index contributed by atoms with van der Waals surface area (Å²) in [6.45, 7) is 1.48. The number of methoxy groups -OCH3 is 1. The van der Waals surface area contributed by atoms with Crippen molar-refractivity contribution in [2.24, 2.45) is 5.92 Å². The Bertz CT molecular complexity index is 523. The minimum Gasteiger partial charge on any atom is -0.461 e. The van der Waals surface area contributed by atoms with Crippen LogP contribution in [-0.2, 0) is 25.7 Å². The molecule has 114 valence electrons.